The van der Waals surface area contributed by atoms with Crippen molar-refractivity contribution >= 4 is 23.2 Å². The van der Waals surface area contributed by atoms with Crippen LogP contribution in [-0.4, -0.2) is 36.1 Å². The molecule has 0 aliphatic heterocycles. The maximum Gasteiger partial charge on any atom is 0.320 e. The molecule has 0 aromatic carbocycles. The summed E-state index contributed by atoms with van der Waals surface area (Å²) in [6.45, 7) is 2.10. The number of amides is 1. The molecule has 0 saturated carbocycles. The van der Waals surface area contributed by atoms with E-state index in [-0.39, 0.29) is 12.5 Å². The molecule has 0 aliphatic rings. The van der Waals surface area contributed by atoms with Crippen molar-refractivity contribution in [1.29, 1.82) is 0 Å². The van der Waals surface area contributed by atoms with Crippen molar-refractivity contribution in [1.82, 2.24) is 10.6 Å². The number of hydrogen-bond acceptors (Lipinski definition) is 4. The molecule has 0 bridgehead atoms. The Morgan fingerprint density at radius 2 is 2.29 bits per heavy atom. The molecule has 0 saturated heterocycles. The van der Waals surface area contributed by atoms with Crippen molar-refractivity contribution in [2.24, 2.45) is 0 Å². The van der Waals surface area contributed by atoms with Crippen LogP contribution in [0, 0.1) is 0 Å². The van der Waals surface area contributed by atoms with Crippen molar-refractivity contribution in [2.45, 2.75) is 19.4 Å². The minimum absolute atomic E-state index is 0.0257. The first-order valence-corrected chi connectivity index (χ1v) is 6.23. The van der Waals surface area contributed by atoms with Gasteiger partial charge in [0, 0.05) is 11.4 Å². The molecule has 94 valence electrons. The van der Waals surface area contributed by atoms with Gasteiger partial charge in [-0.05, 0) is 24.8 Å². The topological polar surface area (TPSA) is 78.4 Å². The molecule has 0 radical (unpaired) electrons. The van der Waals surface area contributed by atoms with Crippen LogP contribution >= 0.6 is 11.3 Å². The van der Waals surface area contributed by atoms with Crippen molar-refractivity contribution in [2.75, 3.05) is 13.1 Å². The molecule has 17 heavy (non-hydrogen) atoms. The van der Waals surface area contributed by atoms with Crippen LogP contribution in [0.4, 0.5) is 0 Å². The summed E-state index contributed by atoms with van der Waals surface area (Å²) < 4.78 is 0. The Balaban J connectivity index is 2.11. The van der Waals surface area contributed by atoms with E-state index in [1.54, 1.807) is 11.3 Å². The second-order valence-electron chi connectivity index (χ2n) is 3.62. The Kier molecular flexibility index (Phi) is 5.65. The van der Waals surface area contributed by atoms with Gasteiger partial charge in [-0.3, -0.25) is 14.9 Å². The Labute approximate surface area is 104 Å². The van der Waals surface area contributed by atoms with Gasteiger partial charge in [0.1, 0.15) is 6.04 Å². The number of carbonyl (C=O) groups excluding carboxylic acids is 1. The standard InChI is InChI=1S/C11H16N2O3S/c1-8(11(15)16)13-7-10(14)12-5-4-9-3-2-6-17-9/h2-3,6,8,13H,4-5,7H2,1H3,(H,12,14)(H,15,16). The molecule has 1 unspecified atom stereocenters. The van der Waals surface area contributed by atoms with Gasteiger partial charge in [0.25, 0.3) is 0 Å². The number of rotatable bonds is 7. The summed E-state index contributed by atoms with van der Waals surface area (Å²) in [7, 11) is 0. The molecule has 0 fully saturated rings. The lowest BCUT2D eigenvalue weighted by atomic mass is 10.3. The van der Waals surface area contributed by atoms with Crippen LogP contribution in [0.3, 0.4) is 0 Å². The van der Waals surface area contributed by atoms with Crippen LogP contribution in [0.1, 0.15) is 11.8 Å². The number of thiophene rings is 1. The van der Waals surface area contributed by atoms with Gasteiger partial charge in [0.05, 0.1) is 6.54 Å². The molecule has 5 nitrogen and oxygen atoms in total. The van der Waals surface area contributed by atoms with E-state index in [0.29, 0.717) is 6.54 Å². The molecule has 0 aliphatic carbocycles. The molecule has 1 atom stereocenters. The first-order chi connectivity index (χ1) is 8.09. The van der Waals surface area contributed by atoms with Crippen LogP contribution in [0.15, 0.2) is 17.5 Å². The maximum absolute atomic E-state index is 11.3. The van der Waals surface area contributed by atoms with Crippen molar-refractivity contribution < 1.29 is 14.7 Å². The SMILES string of the molecule is CC(NCC(=O)NCCc1cccs1)C(=O)O. The monoisotopic (exact) mass is 256 g/mol. The Bertz CT molecular complexity index is 365. The van der Waals surface area contributed by atoms with E-state index in [4.69, 9.17) is 5.11 Å². The highest BCUT2D eigenvalue weighted by Gasteiger charge is 2.11. The van der Waals surface area contributed by atoms with Crippen LogP contribution in [0.25, 0.3) is 0 Å². The molecule has 1 amide bonds. The average Bonchev–Trinajstić information content (AvgIpc) is 2.78. The van der Waals surface area contributed by atoms with E-state index in [1.807, 2.05) is 17.5 Å². The molecule has 1 rings (SSSR count). The average molecular weight is 256 g/mol. The fourth-order valence-electron chi connectivity index (χ4n) is 1.18. The molecule has 1 aromatic heterocycles. The number of aliphatic carboxylic acids is 1. The van der Waals surface area contributed by atoms with Crippen LogP contribution in [-0.2, 0) is 16.0 Å². The van der Waals surface area contributed by atoms with Crippen LogP contribution < -0.4 is 10.6 Å². The van der Waals surface area contributed by atoms with Crippen LogP contribution in [0.2, 0.25) is 0 Å². The molecule has 3 N–H and O–H groups in total. The second kappa shape index (κ2) is 7.03. The lowest BCUT2D eigenvalue weighted by Gasteiger charge is -2.09. The van der Waals surface area contributed by atoms with E-state index in [1.165, 1.54) is 11.8 Å². The second-order valence-corrected chi connectivity index (χ2v) is 4.65. The smallest absolute Gasteiger partial charge is 0.320 e. The highest BCUT2D eigenvalue weighted by atomic mass is 32.1. The zero-order valence-electron chi connectivity index (χ0n) is 9.60. The molecular formula is C11H16N2O3S. The third-order valence-electron chi connectivity index (χ3n) is 2.21. The van der Waals surface area contributed by atoms with E-state index < -0.39 is 12.0 Å². The molecule has 0 spiro atoms. The lowest BCUT2D eigenvalue weighted by molar-refractivity contribution is -0.139. The normalized spacial score (nSPS) is 12.1. The van der Waals surface area contributed by atoms with E-state index in [0.717, 1.165) is 6.42 Å². The minimum atomic E-state index is -0.962. The van der Waals surface area contributed by atoms with E-state index >= 15 is 0 Å². The van der Waals surface area contributed by atoms with Gasteiger partial charge in [-0.1, -0.05) is 6.07 Å². The Morgan fingerprint density at radius 3 is 2.88 bits per heavy atom. The Hall–Kier alpha value is -1.40. The summed E-state index contributed by atoms with van der Waals surface area (Å²) in [5, 5.41) is 15.9. The highest BCUT2D eigenvalue weighted by Crippen LogP contribution is 2.07. The molecule has 6 heteroatoms. The Morgan fingerprint density at radius 1 is 1.53 bits per heavy atom. The predicted molar refractivity (Wildman–Crippen MR) is 66.1 cm³/mol. The largest absolute Gasteiger partial charge is 0.480 e. The van der Waals surface area contributed by atoms with Gasteiger partial charge in [-0.2, -0.15) is 0 Å². The summed E-state index contributed by atoms with van der Waals surface area (Å²) in [5.41, 5.74) is 0. The zero-order chi connectivity index (χ0) is 12.7. The first-order valence-electron chi connectivity index (χ1n) is 5.35. The van der Waals surface area contributed by atoms with E-state index in [2.05, 4.69) is 10.6 Å². The number of nitrogens with one attached hydrogen (secondary N) is 2. The minimum Gasteiger partial charge on any atom is -0.480 e. The quantitative estimate of drug-likeness (QED) is 0.662. The number of hydrogen-bond donors (Lipinski definition) is 3. The third-order valence-corrected chi connectivity index (χ3v) is 3.15. The molecule has 1 aromatic rings. The summed E-state index contributed by atoms with van der Waals surface area (Å²) in [6, 6.07) is 3.28. The number of carbonyl (C=O) groups is 2. The number of carboxylic acid groups (broad SMARTS) is 1. The lowest BCUT2D eigenvalue weighted by Crippen LogP contribution is -2.41. The zero-order valence-corrected chi connectivity index (χ0v) is 10.4. The summed E-state index contributed by atoms with van der Waals surface area (Å²) in [6.07, 6.45) is 0.803. The van der Waals surface area contributed by atoms with E-state index in [9.17, 15) is 9.59 Å². The summed E-state index contributed by atoms with van der Waals surface area (Å²) >= 11 is 1.65. The van der Waals surface area contributed by atoms with Gasteiger partial charge in [-0.25, -0.2) is 0 Å². The van der Waals surface area contributed by atoms with Crippen molar-refractivity contribution in [3.63, 3.8) is 0 Å². The summed E-state index contributed by atoms with van der Waals surface area (Å²) in [5.74, 6) is -1.15. The van der Waals surface area contributed by atoms with Gasteiger partial charge in [0.15, 0.2) is 0 Å². The van der Waals surface area contributed by atoms with Crippen molar-refractivity contribution in [3.05, 3.63) is 22.4 Å². The third kappa shape index (κ3) is 5.46. The van der Waals surface area contributed by atoms with Gasteiger partial charge < -0.3 is 10.4 Å². The fraction of sp³-hybridized carbons (Fsp3) is 0.455. The predicted octanol–water partition coefficient (Wildman–Crippen LogP) is 0.469. The molecular weight excluding hydrogens is 240 g/mol. The van der Waals surface area contributed by atoms with Gasteiger partial charge in [0.2, 0.25) is 5.91 Å². The summed E-state index contributed by atoms with van der Waals surface area (Å²) in [4.78, 5) is 23.0. The van der Waals surface area contributed by atoms with Crippen LogP contribution in [0.5, 0.6) is 0 Å². The van der Waals surface area contributed by atoms with Crippen molar-refractivity contribution in [3.8, 4) is 0 Å². The molecule has 1 heterocycles. The number of carboxylic acids is 1. The maximum atomic E-state index is 11.3. The van der Waals surface area contributed by atoms with Gasteiger partial charge in [-0.15, -0.1) is 11.3 Å². The fourth-order valence-corrected chi connectivity index (χ4v) is 1.88. The first kappa shape index (κ1) is 13.7. The van der Waals surface area contributed by atoms with Gasteiger partial charge >= 0.3 is 5.97 Å². The highest BCUT2D eigenvalue weighted by molar-refractivity contribution is 7.09.